The van der Waals surface area contributed by atoms with Crippen molar-refractivity contribution in [3.05, 3.63) is 64.7 Å². The number of aryl methyl sites for hydroxylation is 3. The maximum absolute atomic E-state index is 12.8. The summed E-state index contributed by atoms with van der Waals surface area (Å²) >= 11 is 0. The summed E-state index contributed by atoms with van der Waals surface area (Å²) in [6.45, 7) is 9.93. The van der Waals surface area contributed by atoms with Gasteiger partial charge in [-0.25, -0.2) is 0 Å². The third-order valence-electron chi connectivity index (χ3n) is 5.38. The van der Waals surface area contributed by atoms with E-state index in [4.69, 9.17) is 4.74 Å². The van der Waals surface area contributed by atoms with E-state index in [9.17, 15) is 9.90 Å². The molecule has 2 aromatic rings. The van der Waals surface area contributed by atoms with Gasteiger partial charge in [0.05, 0.1) is 0 Å². The van der Waals surface area contributed by atoms with Crippen molar-refractivity contribution in [2.45, 2.75) is 33.3 Å². The van der Waals surface area contributed by atoms with Crippen molar-refractivity contribution in [1.29, 1.82) is 0 Å². The van der Waals surface area contributed by atoms with Crippen molar-refractivity contribution >= 4 is 5.91 Å². The SMILES string of the molecule is Cc1cccc(C(=O)N2CCCN(CC(O)COc3cc(C)ccc3C)CC2)c1. The van der Waals surface area contributed by atoms with Gasteiger partial charge in [0.2, 0.25) is 0 Å². The fourth-order valence-corrected chi connectivity index (χ4v) is 3.72. The standard InChI is InChI=1S/C24H32N2O3/c1-18-6-4-7-21(14-18)24(28)26-11-5-10-25(12-13-26)16-22(27)17-29-23-15-19(2)8-9-20(23)3/h4,6-9,14-15,22,27H,5,10-13,16-17H2,1-3H3. The van der Waals surface area contributed by atoms with Gasteiger partial charge in [0, 0.05) is 31.7 Å². The first-order valence-electron chi connectivity index (χ1n) is 10.4. The lowest BCUT2D eigenvalue weighted by Crippen LogP contribution is -2.39. The van der Waals surface area contributed by atoms with Gasteiger partial charge < -0.3 is 14.7 Å². The largest absolute Gasteiger partial charge is 0.491 e. The Kier molecular flexibility index (Phi) is 7.29. The Balaban J connectivity index is 1.49. The van der Waals surface area contributed by atoms with Crippen LogP contribution in [0.15, 0.2) is 42.5 Å². The smallest absolute Gasteiger partial charge is 0.253 e. The number of benzene rings is 2. The summed E-state index contributed by atoms with van der Waals surface area (Å²) in [7, 11) is 0. The van der Waals surface area contributed by atoms with E-state index in [2.05, 4.69) is 11.0 Å². The van der Waals surface area contributed by atoms with Crippen LogP contribution in [0, 0.1) is 20.8 Å². The number of rotatable bonds is 6. The normalized spacial score (nSPS) is 16.3. The second-order valence-electron chi connectivity index (χ2n) is 8.05. The third-order valence-corrected chi connectivity index (χ3v) is 5.38. The van der Waals surface area contributed by atoms with Crippen molar-refractivity contribution in [1.82, 2.24) is 9.80 Å². The van der Waals surface area contributed by atoms with E-state index in [-0.39, 0.29) is 12.5 Å². The minimum absolute atomic E-state index is 0.0920. The molecule has 1 unspecified atom stereocenters. The van der Waals surface area contributed by atoms with E-state index in [1.54, 1.807) is 0 Å². The number of aliphatic hydroxyl groups excluding tert-OH is 1. The van der Waals surface area contributed by atoms with Gasteiger partial charge in [-0.1, -0.05) is 29.8 Å². The zero-order valence-corrected chi connectivity index (χ0v) is 17.7. The van der Waals surface area contributed by atoms with Crippen LogP contribution in [0.4, 0.5) is 0 Å². The third kappa shape index (κ3) is 6.05. The van der Waals surface area contributed by atoms with Crippen molar-refractivity contribution in [3.63, 3.8) is 0 Å². The number of aliphatic hydroxyl groups is 1. The Morgan fingerprint density at radius 3 is 2.62 bits per heavy atom. The molecule has 0 radical (unpaired) electrons. The zero-order valence-electron chi connectivity index (χ0n) is 17.7. The van der Waals surface area contributed by atoms with E-state index in [0.717, 1.165) is 54.1 Å². The average molecular weight is 397 g/mol. The first kappa shape index (κ1) is 21.3. The second kappa shape index (κ2) is 9.90. The Hall–Kier alpha value is -2.37. The minimum atomic E-state index is -0.561. The van der Waals surface area contributed by atoms with E-state index in [1.165, 1.54) is 0 Å². The van der Waals surface area contributed by atoms with Crippen LogP contribution in [0.1, 0.15) is 33.5 Å². The molecule has 1 saturated heterocycles. The van der Waals surface area contributed by atoms with E-state index in [1.807, 2.05) is 62.1 Å². The van der Waals surface area contributed by atoms with Gasteiger partial charge in [0.25, 0.3) is 5.91 Å². The number of nitrogens with zero attached hydrogens (tertiary/aromatic N) is 2. The quantitative estimate of drug-likeness (QED) is 0.815. The first-order chi connectivity index (χ1) is 13.9. The highest BCUT2D eigenvalue weighted by atomic mass is 16.5. The van der Waals surface area contributed by atoms with Gasteiger partial charge in [-0.3, -0.25) is 9.69 Å². The van der Waals surface area contributed by atoms with Crippen LogP contribution in [0.3, 0.4) is 0 Å². The zero-order chi connectivity index (χ0) is 20.8. The van der Waals surface area contributed by atoms with Crippen LogP contribution in [-0.4, -0.2) is 66.2 Å². The average Bonchev–Trinajstić information content (AvgIpc) is 2.93. The lowest BCUT2D eigenvalue weighted by atomic mass is 10.1. The van der Waals surface area contributed by atoms with E-state index < -0.39 is 6.10 Å². The molecule has 0 aliphatic carbocycles. The van der Waals surface area contributed by atoms with Gasteiger partial charge in [0.1, 0.15) is 18.5 Å². The topological polar surface area (TPSA) is 53.0 Å². The summed E-state index contributed by atoms with van der Waals surface area (Å²) in [6.07, 6.45) is 0.344. The maximum Gasteiger partial charge on any atom is 0.253 e. The van der Waals surface area contributed by atoms with Crippen LogP contribution in [0.2, 0.25) is 0 Å². The van der Waals surface area contributed by atoms with Crippen LogP contribution in [-0.2, 0) is 0 Å². The van der Waals surface area contributed by atoms with E-state index in [0.29, 0.717) is 13.1 Å². The number of amides is 1. The predicted octanol–water partition coefficient (Wildman–Crippen LogP) is 3.20. The molecule has 1 amide bonds. The highest BCUT2D eigenvalue weighted by molar-refractivity contribution is 5.94. The summed E-state index contributed by atoms with van der Waals surface area (Å²) < 4.78 is 5.84. The molecule has 3 rings (SSSR count). The van der Waals surface area contributed by atoms with Crippen molar-refractivity contribution in [3.8, 4) is 5.75 Å². The lowest BCUT2D eigenvalue weighted by Gasteiger charge is -2.24. The van der Waals surface area contributed by atoms with Gasteiger partial charge in [-0.2, -0.15) is 0 Å². The summed E-state index contributed by atoms with van der Waals surface area (Å²) in [5, 5.41) is 10.5. The molecule has 156 valence electrons. The van der Waals surface area contributed by atoms with Crippen molar-refractivity contribution in [2.24, 2.45) is 0 Å². The molecular weight excluding hydrogens is 364 g/mol. The maximum atomic E-state index is 12.8. The molecule has 1 heterocycles. The van der Waals surface area contributed by atoms with Crippen molar-refractivity contribution < 1.29 is 14.6 Å². The molecule has 5 heteroatoms. The molecule has 2 aromatic carbocycles. The lowest BCUT2D eigenvalue weighted by molar-refractivity contribution is 0.0668. The van der Waals surface area contributed by atoms with Crippen LogP contribution >= 0.6 is 0 Å². The van der Waals surface area contributed by atoms with E-state index >= 15 is 0 Å². The molecule has 1 atom stereocenters. The minimum Gasteiger partial charge on any atom is -0.491 e. The number of carbonyl (C=O) groups excluding carboxylic acids is 1. The summed E-state index contributed by atoms with van der Waals surface area (Å²) in [4.78, 5) is 16.9. The molecular formula is C24H32N2O3. The van der Waals surface area contributed by atoms with Gasteiger partial charge >= 0.3 is 0 Å². The van der Waals surface area contributed by atoms with Crippen molar-refractivity contribution in [2.75, 3.05) is 39.3 Å². The van der Waals surface area contributed by atoms with Gasteiger partial charge in [0.15, 0.2) is 0 Å². The number of β-amino-alcohol motifs (C(OH)–C–C–N with tert-alkyl or cyclic N) is 1. The predicted molar refractivity (Wildman–Crippen MR) is 116 cm³/mol. The fraction of sp³-hybridized carbons (Fsp3) is 0.458. The highest BCUT2D eigenvalue weighted by Gasteiger charge is 2.22. The molecule has 0 spiro atoms. The molecule has 1 aliphatic rings. The van der Waals surface area contributed by atoms with Crippen LogP contribution in [0.25, 0.3) is 0 Å². The number of hydrogen-bond acceptors (Lipinski definition) is 4. The first-order valence-corrected chi connectivity index (χ1v) is 10.4. The molecule has 29 heavy (non-hydrogen) atoms. The number of ether oxygens (including phenoxy) is 1. The Morgan fingerprint density at radius 1 is 1.03 bits per heavy atom. The summed E-state index contributed by atoms with van der Waals surface area (Å²) in [6, 6.07) is 13.8. The molecule has 1 aliphatic heterocycles. The summed E-state index contributed by atoms with van der Waals surface area (Å²) in [5.41, 5.74) is 4.06. The Morgan fingerprint density at radius 2 is 1.83 bits per heavy atom. The second-order valence-corrected chi connectivity index (χ2v) is 8.05. The summed E-state index contributed by atoms with van der Waals surface area (Å²) in [5.74, 6) is 0.921. The number of carbonyl (C=O) groups is 1. The molecule has 0 aromatic heterocycles. The monoisotopic (exact) mass is 396 g/mol. The van der Waals surface area contributed by atoms with Gasteiger partial charge in [-0.05, 0) is 63.1 Å². The molecule has 0 saturated carbocycles. The van der Waals surface area contributed by atoms with Gasteiger partial charge in [-0.15, -0.1) is 0 Å². The fourth-order valence-electron chi connectivity index (χ4n) is 3.72. The molecule has 1 fully saturated rings. The van der Waals surface area contributed by atoms with Crippen LogP contribution < -0.4 is 4.74 Å². The Bertz CT molecular complexity index is 837. The molecule has 5 nitrogen and oxygen atoms in total. The Labute approximate surface area is 173 Å². The molecule has 1 N–H and O–H groups in total. The van der Waals surface area contributed by atoms with Crippen LogP contribution in [0.5, 0.6) is 5.75 Å². The molecule has 0 bridgehead atoms. The highest BCUT2D eigenvalue weighted by Crippen LogP contribution is 2.19. The number of hydrogen-bond donors (Lipinski definition) is 1.